The van der Waals surface area contributed by atoms with Crippen molar-refractivity contribution in [3.63, 3.8) is 0 Å². The van der Waals surface area contributed by atoms with Crippen LogP contribution >= 0.6 is 31.2 Å². The molecule has 29 heavy (non-hydrogen) atoms. The fourth-order valence-corrected chi connectivity index (χ4v) is 10.4. The Hall–Kier alpha value is -2.25. The Kier molecular flexibility index (Phi) is 6.56. The molecule has 0 aliphatic carbocycles. The van der Waals surface area contributed by atoms with Crippen LogP contribution in [0, 0.1) is 0 Å². The van der Waals surface area contributed by atoms with Crippen molar-refractivity contribution in [1.82, 2.24) is 0 Å². The fourth-order valence-electron chi connectivity index (χ4n) is 3.53. The number of thioether (sulfide) groups is 1. The molecule has 0 heterocycles. The van der Waals surface area contributed by atoms with Crippen molar-refractivity contribution in [3.05, 3.63) is 127 Å². The minimum absolute atomic E-state index is 0.943. The lowest BCUT2D eigenvalue weighted by atomic mass is 10.2. The summed E-state index contributed by atoms with van der Waals surface area (Å²) in [6.45, 7) is 0. The maximum Gasteiger partial charge on any atom is 0.124 e. The molecule has 0 amide bonds. The standard InChI is InChI=1S/C26H22PS2/c28-26(22-13-5-1-6-14-22)29-21-27(23-15-7-2-8-16-23,24-17-9-3-10-18-24)25-19-11-4-12-20-25/h1-20H,21H2/q+1. The van der Waals surface area contributed by atoms with Crippen molar-refractivity contribution >= 4 is 51.4 Å². The van der Waals surface area contributed by atoms with E-state index in [1.54, 1.807) is 11.8 Å². The average molecular weight is 430 g/mol. The molecule has 0 bridgehead atoms. The lowest BCUT2D eigenvalue weighted by molar-refractivity contribution is 1.69. The molecule has 0 aliphatic heterocycles. The fraction of sp³-hybridized carbons (Fsp3) is 0.0385. The Morgan fingerprint density at radius 2 is 0.897 bits per heavy atom. The molecule has 0 radical (unpaired) electrons. The highest BCUT2D eigenvalue weighted by Gasteiger charge is 2.45. The molecule has 142 valence electrons. The molecule has 0 fully saturated rings. The summed E-state index contributed by atoms with van der Waals surface area (Å²) in [5.74, 6) is 0. The van der Waals surface area contributed by atoms with Gasteiger partial charge in [0.2, 0.25) is 0 Å². The topological polar surface area (TPSA) is 0 Å². The Bertz CT molecular complexity index is 952. The summed E-state index contributed by atoms with van der Waals surface area (Å²) in [6, 6.07) is 43.2. The van der Waals surface area contributed by atoms with E-state index in [2.05, 4.69) is 115 Å². The molecule has 0 aliphatic rings. The minimum atomic E-state index is -1.85. The third kappa shape index (κ3) is 4.36. The molecule has 0 nitrogen and oxygen atoms in total. The van der Waals surface area contributed by atoms with Gasteiger partial charge in [-0.1, -0.05) is 109 Å². The molecule has 0 saturated heterocycles. The van der Waals surface area contributed by atoms with Gasteiger partial charge in [0.25, 0.3) is 0 Å². The second-order valence-electron chi connectivity index (χ2n) is 6.74. The van der Waals surface area contributed by atoms with E-state index >= 15 is 0 Å². The molecule has 0 N–H and O–H groups in total. The van der Waals surface area contributed by atoms with Crippen LogP contribution in [0.25, 0.3) is 0 Å². The first-order valence-corrected chi connectivity index (χ1v) is 12.9. The van der Waals surface area contributed by atoms with Crippen molar-refractivity contribution in [3.8, 4) is 0 Å². The van der Waals surface area contributed by atoms with E-state index in [1.807, 2.05) is 6.07 Å². The maximum atomic E-state index is 5.82. The molecular formula is C26H22PS2+. The zero-order valence-electron chi connectivity index (χ0n) is 16.0. The molecule has 4 aromatic rings. The second-order valence-corrected chi connectivity index (χ2v) is 12.3. The number of benzene rings is 4. The van der Waals surface area contributed by atoms with Gasteiger partial charge in [-0.05, 0) is 42.0 Å². The van der Waals surface area contributed by atoms with Gasteiger partial charge in [0.05, 0.1) is 4.20 Å². The summed E-state index contributed by atoms with van der Waals surface area (Å²) in [6.07, 6.45) is 0. The SMILES string of the molecule is S=C(SC[P+](c1ccccc1)(c1ccccc1)c1ccccc1)c1ccccc1. The molecule has 4 aromatic carbocycles. The van der Waals surface area contributed by atoms with Crippen LogP contribution in [0.3, 0.4) is 0 Å². The zero-order chi connectivity index (χ0) is 19.9. The summed E-state index contributed by atoms with van der Waals surface area (Å²) in [7, 11) is -1.85. The van der Waals surface area contributed by atoms with Crippen LogP contribution in [0.2, 0.25) is 0 Å². The normalized spacial score (nSPS) is 11.2. The predicted octanol–water partition coefficient (Wildman–Crippen LogP) is 6.05. The number of hydrogen-bond acceptors (Lipinski definition) is 2. The van der Waals surface area contributed by atoms with E-state index in [0.717, 1.165) is 15.3 Å². The first kappa shape index (κ1) is 20.0. The Morgan fingerprint density at radius 3 is 1.28 bits per heavy atom. The summed E-state index contributed by atoms with van der Waals surface area (Å²) in [5, 5.41) is 4.17. The summed E-state index contributed by atoms with van der Waals surface area (Å²) >= 11 is 7.62. The molecule has 0 spiro atoms. The number of rotatable bonds is 6. The van der Waals surface area contributed by atoms with Crippen molar-refractivity contribution in [1.29, 1.82) is 0 Å². The van der Waals surface area contributed by atoms with E-state index in [-0.39, 0.29) is 0 Å². The van der Waals surface area contributed by atoms with Crippen LogP contribution in [0.15, 0.2) is 121 Å². The van der Waals surface area contributed by atoms with Gasteiger partial charge < -0.3 is 0 Å². The van der Waals surface area contributed by atoms with Gasteiger partial charge in [0.15, 0.2) is 0 Å². The van der Waals surface area contributed by atoms with Crippen molar-refractivity contribution in [2.24, 2.45) is 0 Å². The highest BCUT2D eigenvalue weighted by Crippen LogP contribution is 2.57. The summed E-state index contributed by atoms with van der Waals surface area (Å²) in [5.41, 5.74) is 2.07. The zero-order valence-corrected chi connectivity index (χ0v) is 18.5. The third-order valence-electron chi connectivity index (χ3n) is 4.99. The highest BCUT2D eigenvalue weighted by molar-refractivity contribution is 8.28. The molecule has 0 atom stereocenters. The second kappa shape index (κ2) is 9.50. The van der Waals surface area contributed by atoms with E-state index in [4.69, 9.17) is 12.2 Å². The van der Waals surface area contributed by atoms with Gasteiger partial charge in [-0.25, -0.2) is 0 Å². The van der Waals surface area contributed by atoms with Gasteiger partial charge in [0.1, 0.15) is 28.7 Å². The van der Waals surface area contributed by atoms with Gasteiger partial charge >= 0.3 is 0 Å². The highest BCUT2D eigenvalue weighted by atomic mass is 32.2. The van der Waals surface area contributed by atoms with Crippen LogP contribution in [0.5, 0.6) is 0 Å². The van der Waals surface area contributed by atoms with Gasteiger partial charge in [-0.2, -0.15) is 0 Å². The lowest BCUT2D eigenvalue weighted by Crippen LogP contribution is -2.32. The number of hydrogen-bond donors (Lipinski definition) is 0. The van der Waals surface area contributed by atoms with Gasteiger partial charge in [-0.3, -0.25) is 0 Å². The van der Waals surface area contributed by atoms with Crippen LogP contribution in [0.1, 0.15) is 5.56 Å². The lowest BCUT2D eigenvalue weighted by Gasteiger charge is -2.27. The van der Waals surface area contributed by atoms with Crippen LogP contribution < -0.4 is 15.9 Å². The van der Waals surface area contributed by atoms with Crippen molar-refractivity contribution < 1.29 is 0 Å². The monoisotopic (exact) mass is 429 g/mol. The van der Waals surface area contributed by atoms with Crippen LogP contribution in [-0.4, -0.2) is 9.69 Å². The van der Waals surface area contributed by atoms with Crippen LogP contribution in [-0.2, 0) is 0 Å². The van der Waals surface area contributed by atoms with E-state index in [9.17, 15) is 0 Å². The van der Waals surface area contributed by atoms with E-state index in [0.29, 0.717) is 0 Å². The van der Waals surface area contributed by atoms with Gasteiger partial charge in [-0.15, -0.1) is 0 Å². The predicted molar refractivity (Wildman–Crippen MR) is 136 cm³/mol. The molecule has 3 heteroatoms. The smallest absolute Gasteiger partial charge is 0.0718 e. The molecule has 0 aromatic heterocycles. The van der Waals surface area contributed by atoms with E-state index < -0.39 is 7.26 Å². The summed E-state index contributed by atoms with van der Waals surface area (Å²) < 4.78 is 0.956. The number of thiocarbonyl (C=S) groups is 1. The molecule has 0 saturated carbocycles. The Morgan fingerprint density at radius 1 is 0.552 bits per heavy atom. The minimum Gasteiger partial charge on any atom is -0.0718 e. The average Bonchev–Trinajstić information content (AvgIpc) is 2.82. The third-order valence-corrected chi connectivity index (χ3v) is 11.7. The summed E-state index contributed by atoms with van der Waals surface area (Å²) in [4.78, 5) is 0. The van der Waals surface area contributed by atoms with E-state index in [1.165, 1.54) is 15.9 Å². The Balaban J connectivity index is 1.83. The van der Waals surface area contributed by atoms with Crippen molar-refractivity contribution in [2.75, 3.05) is 5.49 Å². The molecular weight excluding hydrogens is 407 g/mol. The Labute approximate surface area is 183 Å². The first-order valence-electron chi connectivity index (χ1n) is 9.58. The van der Waals surface area contributed by atoms with Crippen molar-refractivity contribution in [2.45, 2.75) is 0 Å². The molecule has 4 rings (SSSR count). The molecule has 0 unspecified atom stereocenters. The first-order chi connectivity index (χ1) is 14.3. The van der Waals surface area contributed by atoms with Gasteiger partial charge in [0, 0.05) is 0 Å². The largest absolute Gasteiger partial charge is 0.124 e. The quantitative estimate of drug-likeness (QED) is 0.270. The van der Waals surface area contributed by atoms with Crippen LogP contribution in [0.4, 0.5) is 0 Å². The maximum absolute atomic E-state index is 5.82.